The molecule has 4 fully saturated rings. The van der Waals surface area contributed by atoms with E-state index in [0.717, 1.165) is 103 Å². The van der Waals surface area contributed by atoms with Gasteiger partial charge in [0.1, 0.15) is 5.60 Å². The Morgan fingerprint density at radius 3 is 1.95 bits per heavy atom. The highest BCUT2D eigenvalue weighted by Gasteiger charge is 2.66. The maximum absolute atomic E-state index is 11.8. The zero-order valence-corrected chi connectivity index (χ0v) is 39.1. The molecule has 3 N–H and O–H groups in total. The fourth-order valence-corrected chi connectivity index (χ4v) is 12.1. The fraction of sp³-hybridized carbons (Fsp3) is 0.978. The SMILES string of the molecule is C[C@H](CCCNCCCCNCCCNC(=O)OC(C)(C)C)C1CC[C@H]2[C@@H]3[C@H](OCCCN=[N+]=[N-])C[C@@H]4C[C@H](OCCCN=[N+]=[N-])CC[C@]4(C)[C@H]3C[C@H](OCCCN=[N+]=[N-])[C@]12C. The van der Waals surface area contributed by atoms with Gasteiger partial charge in [0.05, 0.1) is 18.3 Å². The summed E-state index contributed by atoms with van der Waals surface area (Å²) in [6.45, 7) is 20.8. The van der Waals surface area contributed by atoms with Gasteiger partial charge in [0.2, 0.25) is 0 Å². The number of alkyl carbamates (subject to hydrolysis) is 1. The molecule has 0 aromatic carbocycles. The zero-order valence-electron chi connectivity index (χ0n) is 39.1. The van der Waals surface area contributed by atoms with E-state index in [-0.39, 0.29) is 35.2 Å². The lowest BCUT2D eigenvalue weighted by Crippen LogP contribution is -2.63. The van der Waals surface area contributed by atoms with E-state index in [1.54, 1.807) is 0 Å². The Balaban J connectivity index is 1.34. The number of nitrogens with zero attached hydrogens (tertiary/aromatic N) is 9. The maximum Gasteiger partial charge on any atom is 0.407 e. The third-order valence-corrected chi connectivity index (χ3v) is 15.0. The van der Waals surface area contributed by atoms with Gasteiger partial charge in [-0.25, -0.2) is 4.79 Å². The van der Waals surface area contributed by atoms with E-state index in [4.69, 9.17) is 35.5 Å². The first-order valence-corrected chi connectivity index (χ1v) is 24.1. The number of amides is 1. The monoisotopic (exact) mass is 871 g/mol. The number of carbonyl (C=O) groups is 1. The van der Waals surface area contributed by atoms with Gasteiger partial charge in [-0.05, 0) is 201 Å². The van der Waals surface area contributed by atoms with Gasteiger partial charge < -0.3 is 34.9 Å². The largest absolute Gasteiger partial charge is 0.444 e. The zero-order chi connectivity index (χ0) is 44.9. The number of fused-ring (bicyclic) bond motifs is 5. The number of rotatable bonds is 29. The lowest BCUT2D eigenvalue weighted by Gasteiger charge is -2.65. The smallest absolute Gasteiger partial charge is 0.407 e. The lowest BCUT2D eigenvalue weighted by atomic mass is 9.43. The summed E-state index contributed by atoms with van der Waals surface area (Å²) in [4.78, 5) is 20.6. The first kappa shape index (κ1) is 51.6. The Morgan fingerprint density at radius 2 is 1.32 bits per heavy atom. The molecule has 0 radical (unpaired) electrons. The molecule has 0 saturated heterocycles. The summed E-state index contributed by atoms with van der Waals surface area (Å²) in [5.74, 6) is 2.96. The molecule has 62 heavy (non-hydrogen) atoms. The van der Waals surface area contributed by atoms with Crippen LogP contribution in [0.3, 0.4) is 0 Å². The summed E-state index contributed by atoms with van der Waals surface area (Å²) < 4.78 is 25.7. The van der Waals surface area contributed by atoms with E-state index in [1.165, 1.54) is 19.3 Å². The third-order valence-electron chi connectivity index (χ3n) is 15.0. The van der Waals surface area contributed by atoms with E-state index >= 15 is 0 Å². The van der Waals surface area contributed by atoms with E-state index in [9.17, 15) is 4.79 Å². The van der Waals surface area contributed by atoms with Crippen LogP contribution in [0.1, 0.15) is 138 Å². The maximum atomic E-state index is 11.8. The third kappa shape index (κ3) is 15.3. The molecule has 0 bridgehead atoms. The van der Waals surface area contributed by atoms with Crippen molar-refractivity contribution in [1.82, 2.24) is 16.0 Å². The van der Waals surface area contributed by atoms with Crippen LogP contribution in [0, 0.1) is 46.3 Å². The molecule has 17 nitrogen and oxygen atoms in total. The minimum atomic E-state index is -0.477. The molecule has 4 rings (SSSR count). The number of unbranched alkanes of at least 4 members (excludes halogenated alkanes) is 1. The minimum Gasteiger partial charge on any atom is -0.444 e. The van der Waals surface area contributed by atoms with Gasteiger partial charge in [-0.15, -0.1) is 0 Å². The average Bonchev–Trinajstić information content (AvgIpc) is 3.59. The molecule has 4 aliphatic rings. The highest BCUT2D eigenvalue weighted by molar-refractivity contribution is 5.67. The van der Waals surface area contributed by atoms with Crippen LogP contribution in [-0.4, -0.2) is 102 Å². The summed E-state index contributed by atoms with van der Waals surface area (Å²) in [6, 6.07) is 0. The second-order valence-electron chi connectivity index (χ2n) is 20.1. The van der Waals surface area contributed by atoms with E-state index in [1.807, 2.05) is 20.8 Å². The van der Waals surface area contributed by atoms with Crippen LogP contribution in [-0.2, 0) is 18.9 Å². The number of ether oxygens (including phenoxy) is 4. The van der Waals surface area contributed by atoms with E-state index < -0.39 is 5.60 Å². The normalized spacial score (nSPS) is 30.7. The van der Waals surface area contributed by atoms with Crippen LogP contribution >= 0.6 is 0 Å². The molecule has 1 amide bonds. The van der Waals surface area contributed by atoms with Crippen molar-refractivity contribution < 1.29 is 23.7 Å². The highest BCUT2D eigenvalue weighted by Crippen LogP contribution is 2.69. The van der Waals surface area contributed by atoms with Gasteiger partial charge in [0.25, 0.3) is 0 Å². The van der Waals surface area contributed by atoms with E-state index in [0.29, 0.717) is 81.5 Å². The quantitative estimate of drug-likeness (QED) is 0.0284. The number of hydrogen-bond acceptors (Lipinski definition) is 10. The highest BCUT2D eigenvalue weighted by atomic mass is 16.6. The number of carbonyl (C=O) groups excluding carboxylic acids is 1. The van der Waals surface area contributed by atoms with Crippen LogP contribution in [0.25, 0.3) is 31.3 Å². The standard InChI is InChI=1S/C45H82N12O5/c1-33(14-9-21-49-19-7-8-20-50-22-10-23-51-42(58)62-43(2,3)4)36-15-16-37-41-38(32-40(45(36,37)6)61-29-13-26-54-57-48)44(5)18-17-35(59-27-11-24-52-55-46)30-34(44)31-39(41)60-28-12-25-53-56-47/h33-41,49-50H,7-32H2,1-6H3,(H,51,58)/t33-,34+,35-,36?,37+,38+,39-,40+,41+,44+,45-/m1/s1. The average molecular weight is 871 g/mol. The topological polar surface area (TPSA) is 236 Å². The molecule has 1 unspecified atom stereocenters. The van der Waals surface area contributed by atoms with Gasteiger partial charge >= 0.3 is 6.09 Å². The molecular formula is C45H82N12O5. The summed E-state index contributed by atoms with van der Waals surface area (Å²) >= 11 is 0. The summed E-state index contributed by atoms with van der Waals surface area (Å²) in [5.41, 5.74) is 26.2. The molecule has 4 aliphatic carbocycles. The Morgan fingerprint density at radius 1 is 0.726 bits per heavy atom. The van der Waals surface area contributed by atoms with Gasteiger partial charge in [0.15, 0.2) is 0 Å². The Kier molecular flexibility index (Phi) is 22.2. The number of hydrogen-bond donors (Lipinski definition) is 3. The first-order valence-electron chi connectivity index (χ1n) is 24.1. The van der Waals surface area contributed by atoms with Crippen molar-refractivity contribution in [3.05, 3.63) is 31.3 Å². The predicted octanol–water partition coefficient (Wildman–Crippen LogP) is 10.4. The van der Waals surface area contributed by atoms with Crippen LogP contribution in [0.4, 0.5) is 4.79 Å². The lowest BCUT2D eigenvalue weighted by molar-refractivity contribution is -0.227. The molecule has 0 aromatic heterocycles. The Hall–Kier alpha value is -3.00. The summed E-state index contributed by atoms with van der Waals surface area (Å²) in [5, 5.41) is 21.3. The van der Waals surface area contributed by atoms with Crippen molar-refractivity contribution in [1.29, 1.82) is 0 Å². The van der Waals surface area contributed by atoms with Gasteiger partial charge in [-0.2, -0.15) is 0 Å². The molecule has 352 valence electrons. The minimum absolute atomic E-state index is 0.00737. The Labute approximate surface area is 371 Å². The van der Waals surface area contributed by atoms with Crippen molar-refractivity contribution in [3.8, 4) is 0 Å². The van der Waals surface area contributed by atoms with Gasteiger partial charge in [-0.3, -0.25) is 0 Å². The van der Waals surface area contributed by atoms with Crippen molar-refractivity contribution in [2.75, 3.05) is 72.2 Å². The van der Waals surface area contributed by atoms with Gasteiger partial charge in [0, 0.05) is 66.1 Å². The second-order valence-corrected chi connectivity index (χ2v) is 20.1. The molecule has 4 saturated carbocycles. The number of nitrogens with one attached hydrogen (secondary N) is 3. The van der Waals surface area contributed by atoms with Crippen molar-refractivity contribution in [2.45, 2.75) is 162 Å². The van der Waals surface area contributed by atoms with Crippen LogP contribution in [0.2, 0.25) is 0 Å². The van der Waals surface area contributed by atoms with Crippen LogP contribution in [0.5, 0.6) is 0 Å². The van der Waals surface area contributed by atoms with E-state index in [2.05, 4.69) is 66.8 Å². The van der Waals surface area contributed by atoms with Crippen molar-refractivity contribution >= 4 is 6.09 Å². The Bertz CT molecular complexity index is 1480. The second kappa shape index (κ2) is 26.7. The fourth-order valence-electron chi connectivity index (χ4n) is 12.1. The molecule has 0 heterocycles. The molecule has 0 spiro atoms. The molecular weight excluding hydrogens is 789 g/mol. The van der Waals surface area contributed by atoms with Crippen LogP contribution < -0.4 is 16.0 Å². The van der Waals surface area contributed by atoms with Crippen molar-refractivity contribution in [2.24, 2.45) is 61.7 Å². The molecule has 0 aromatic rings. The molecule has 11 atom stereocenters. The summed E-state index contributed by atoms with van der Waals surface area (Å²) in [7, 11) is 0. The number of azide groups is 3. The first-order chi connectivity index (χ1) is 29.9. The molecule has 17 heteroatoms. The van der Waals surface area contributed by atoms with Gasteiger partial charge in [-0.1, -0.05) is 36.1 Å². The van der Waals surface area contributed by atoms with Crippen molar-refractivity contribution in [3.63, 3.8) is 0 Å². The summed E-state index contributed by atoms with van der Waals surface area (Å²) in [6.07, 6.45) is 15.3. The molecule has 0 aliphatic heterocycles. The van der Waals surface area contributed by atoms with Crippen LogP contribution in [0.15, 0.2) is 15.3 Å². The predicted molar refractivity (Wildman–Crippen MR) is 243 cm³/mol.